The number of hydrogen-bond donors (Lipinski definition) is 2. The summed E-state index contributed by atoms with van der Waals surface area (Å²) in [5.74, 6) is 0.615. The van der Waals surface area contributed by atoms with E-state index >= 15 is 0 Å². The topological polar surface area (TPSA) is 45.4 Å². The van der Waals surface area contributed by atoms with Crippen LogP contribution in [0.4, 0.5) is 0 Å². The molecule has 0 amide bonds. The van der Waals surface area contributed by atoms with Gasteiger partial charge in [-0.1, -0.05) is 22.9 Å². The van der Waals surface area contributed by atoms with E-state index in [2.05, 4.69) is 55.0 Å². The highest BCUT2D eigenvalue weighted by atomic mass is 79.9. The maximum Gasteiger partial charge on any atom is 0.137 e. The van der Waals surface area contributed by atoms with Gasteiger partial charge in [0.2, 0.25) is 0 Å². The van der Waals surface area contributed by atoms with Crippen LogP contribution in [0.2, 0.25) is 0 Å². The van der Waals surface area contributed by atoms with Crippen molar-refractivity contribution < 1.29 is 9.52 Å². The van der Waals surface area contributed by atoms with Crippen molar-refractivity contribution in [1.82, 2.24) is 5.32 Å². The second kappa shape index (κ2) is 7.14. The second-order valence-electron chi connectivity index (χ2n) is 6.13. The lowest BCUT2D eigenvalue weighted by Crippen LogP contribution is -2.38. The fourth-order valence-electron chi connectivity index (χ4n) is 2.14. The molecule has 1 aromatic heterocycles. The number of aliphatic hydroxyl groups is 1. The van der Waals surface area contributed by atoms with Gasteiger partial charge in [0.05, 0.1) is 0 Å². The normalized spacial score (nSPS) is 13.2. The van der Waals surface area contributed by atoms with Crippen molar-refractivity contribution in [3.05, 3.63) is 34.0 Å². The zero-order valence-electron chi connectivity index (χ0n) is 12.9. The van der Waals surface area contributed by atoms with Gasteiger partial charge in [-0.2, -0.15) is 0 Å². The van der Waals surface area contributed by atoms with Crippen molar-refractivity contribution in [1.29, 1.82) is 0 Å². The van der Waals surface area contributed by atoms with Gasteiger partial charge in [-0.05, 0) is 51.0 Å². The molecule has 0 spiro atoms. The third kappa shape index (κ3) is 4.71. The maximum atomic E-state index is 10.2. The fraction of sp³-hybridized carbons (Fsp3) is 0.500. The van der Waals surface area contributed by atoms with E-state index in [0.29, 0.717) is 12.3 Å². The Morgan fingerprint density at radius 1 is 1.29 bits per heavy atom. The summed E-state index contributed by atoms with van der Waals surface area (Å²) in [5, 5.41) is 14.6. The molecule has 1 aromatic carbocycles. The number of nitrogens with one attached hydrogen (secondary N) is 1. The van der Waals surface area contributed by atoms with Crippen molar-refractivity contribution in [3.63, 3.8) is 0 Å². The van der Waals surface area contributed by atoms with Gasteiger partial charge in [0.25, 0.3) is 0 Å². The predicted octanol–water partition coefficient (Wildman–Crippen LogP) is 4.60. The molecule has 2 rings (SSSR count). The fourth-order valence-corrected chi connectivity index (χ4v) is 2.66. The van der Waals surface area contributed by atoms with Crippen LogP contribution < -0.4 is 5.32 Å². The van der Waals surface area contributed by atoms with Crippen molar-refractivity contribution in [2.24, 2.45) is 0 Å². The SMILES string of the molecule is CCc1cc(Br)cc2cc(C(O)CNC(C)(C)C)oc12.Cl. The van der Waals surface area contributed by atoms with Crippen molar-refractivity contribution in [2.45, 2.75) is 45.8 Å². The van der Waals surface area contributed by atoms with E-state index in [0.717, 1.165) is 27.4 Å². The Labute approximate surface area is 140 Å². The molecule has 0 saturated heterocycles. The molecule has 1 atom stereocenters. The minimum Gasteiger partial charge on any atom is -0.458 e. The van der Waals surface area contributed by atoms with Gasteiger partial charge in [0.15, 0.2) is 0 Å². The van der Waals surface area contributed by atoms with Crippen molar-refractivity contribution in [3.8, 4) is 0 Å². The van der Waals surface area contributed by atoms with Crippen LogP contribution in [0.15, 0.2) is 27.1 Å². The Hall–Kier alpha value is -0.550. The average Bonchev–Trinajstić information content (AvgIpc) is 2.77. The Kier molecular flexibility index (Phi) is 6.29. The number of furan rings is 1. The predicted molar refractivity (Wildman–Crippen MR) is 93.3 cm³/mol. The third-order valence-electron chi connectivity index (χ3n) is 3.21. The molecule has 3 nitrogen and oxygen atoms in total. The minimum atomic E-state index is -0.634. The maximum absolute atomic E-state index is 10.2. The first kappa shape index (κ1) is 18.5. The van der Waals surface area contributed by atoms with Crippen LogP contribution >= 0.6 is 28.3 Å². The smallest absolute Gasteiger partial charge is 0.137 e. The lowest BCUT2D eigenvalue weighted by Gasteiger charge is -2.22. The standard InChI is InChI=1S/C16H22BrNO2.ClH/c1-5-10-6-12(17)7-11-8-14(20-15(10)11)13(19)9-18-16(2,3)4;/h6-8,13,18-19H,5,9H2,1-4H3;1H. The summed E-state index contributed by atoms with van der Waals surface area (Å²) in [6, 6.07) is 6.01. The van der Waals surface area contributed by atoms with E-state index in [9.17, 15) is 5.11 Å². The summed E-state index contributed by atoms with van der Waals surface area (Å²) in [6.45, 7) is 8.80. The highest BCUT2D eigenvalue weighted by Gasteiger charge is 2.18. The monoisotopic (exact) mass is 375 g/mol. The lowest BCUT2D eigenvalue weighted by atomic mass is 10.1. The van der Waals surface area contributed by atoms with Gasteiger partial charge in [0.1, 0.15) is 17.4 Å². The van der Waals surface area contributed by atoms with Crippen molar-refractivity contribution >= 4 is 39.3 Å². The second-order valence-corrected chi connectivity index (χ2v) is 7.05. The molecule has 2 aromatic rings. The van der Waals surface area contributed by atoms with Crippen LogP contribution in [0.3, 0.4) is 0 Å². The molecule has 0 aliphatic rings. The Bertz CT molecular complexity index is 604. The van der Waals surface area contributed by atoms with E-state index in [1.165, 1.54) is 0 Å². The van der Waals surface area contributed by atoms with E-state index < -0.39 is 6.10 Å². The quantitative estimate of drug-likeness (QED) is 0.819. The molecular formula is C16H23BrClNO2. The Balaban J connectivity index is 0.00000220. The number of halogens is 2. The van der Waals surface area contributed by atoms with Crippen molar-refractivity contribution in [2.75, 3.05) is 6.54 Å². The van der Waals surface area contributed by atoms with Crippen LogP contribution in [0, 0.1) is 0 Å². The number of β-amino-alcohol motifs (C(OH)–C–C–N with tert-alkyl or cyclic N) is 1. The highest BCUT2D eigenvalue weighted by Crippen LogP contribution is 2.30. The summed E-state index contributed by atoms with van der Waals surface area (Å²) in [4.78, 5) is 0. The molecular weight excluding hydrogens is 354 g/mol. The molecule has 0 fully saturated rings. The summed E-state index contributed by atoms with van der Waals surface area (Å²) in [7, 11) is 0. The van der Waals surface area contributed by atoms with Crippen LogP contribution in [-0.2, 0) is 6.42 Å². The molecule has 118 valence electrons. The molecule has 0 bridgehead atoms. The minimum absolute atomic E-state index is 0. The van der Waals surface area contributed by atoms with Crippen LogP contribution in [0.25, 0.3) is 11.0 Å². The zero-order valence-corrected chi connectivity index (χ0v) is 15.3. The van der Waals surface area contributed by atoms with Gasteiger partial charge in [-0.15, -0.1) is 12.4 Å². The highest BCUT2D eigenvalue weighted by molar-refractivity contribution is 9.10. The molecule has 0 aliphatic carbocycles. The first-order valence-electron chi connectivity index (χ1n) is 6.95. The summed E-state index contributed by atoms with van der Waals surface area (Å²) in [6.07, 6.45) is 0.268. The molecule has 0 aliphatic heterocycles. The number of hydrogen-bond acceptors (Lipinski definition) is 3. The van der Waals surface area contributed by atoms with Gasteiger partial charge >= 0.3 is 0 Å². The molecule has 5 heteroatoms. The van der Waals surface area contributed by atoms with Crippen LogP contribution in [0.5, 0.6) is 0 Å². The zero-order chi connectivity index (χ0) is 14.9. The van der Waals surface area contributed by atoms with Crippen LogP contribution in [-0.4, -0.2) is 17.2 Å². The lowest BCUT2D eigenvalue weighted by molar-refractivity contribution is 0.140. The third-order valence-corrected chi connectivity index (χ3v) is 3.67. The summed E-state index contributed by atoms with van der Waals surface area (Å²) in [5.41, 5.74) is 2.00. The Morgan fingerprint density at radius 3 is 2.52 bits per heavy atom. The average molecular weight is 377 g/mol. The van der Waals surface area contributed by atoms with E-state index in [4.69, 9.17) is 4.42 Å². The molecule has 0 radical (unpaired) electrons. The molecule has 21 heavy (non-hydrogen) atoms. The largest absolute Gasteiger partial charge is 0.458 e. The molecule has 0 saturated carbocycles. The number of benzene rings is 1. The molecule has 2 N–H and O–H groups in total. The number of aliphatic hydroxyl groups excluding tert-OH is 1. The first-order valence-corrected chi connectivity index (χ1v) is 7.74. The van der Waals surface area contributed by atoms with Gasteiger partial charge in [-0.25, -0.2) is 0 Å². The number of rotatable bonds is 4. The van der Waals surface area contributed by atoms with Gasteiger partial charge < -0.3 is 14.8 Å². The molecule has 1 heterocycles. The summed E-state index contributed by atoms with van der Waals surface area (Å²) < 4.78 is 6.90. The van der Waals surface area contributed by atoms with Gasteiger partial charge in [0, 0.05) is 21.9 Å². The van der Waals surface area contributed by atoms with Gasteiger partial charge in [-0.3, -0.25) is 0 Å². The van der Waals surface area contributed by atoms with E-state index in [-0.39, 0.29) is 17.9 Å². The Morgan fingerprint density at radius 2 is 1.95 bits per heavy atom. The molecule has 1 unspecified atom stereocenters. The summed E-state index contributed by atoms with van der Waals surface area (Å²) >= 11 is 3.51. The van der Waals surface area contributed by atoms with Crippen LogP contribution in [0.1, 0.15) is 45.1 Å². The first-order chi connectivity index (χ1) is 9.30. The van der Waals surface area contributed by atoms with E-state index in [1.54, 1.807) is 0 Å². The number of aryl methyl sites for hydroxylation is 1. The van der Waals surface area contributed by atoms with E-state index in [1.807, 2.05) is 12.1 Å². The number of fused-ring (bicyclic) bond motifs is 1.